The summed E-state index contributed by atoms with van der Waals surface area (Å²) >= 11 is 4.33. The Morgan fingerprint density at radius 1 is 1.67 bits per heavy atom. The van der Waals surface area contributed by atoms with E-state index in [0.29, 0.717) is 6.54 Å². The zero-order chi connectivity index (χ0) is 7.28. The van der Waals surface area contributed by atoms with Gasteiger partial charge in [-0.3, -0.25) is 4.79 Å². The molecule has 1 amide bonds. The van der Waals surface area contributed by atoms with Crippen LogP contribution in [0.4, 0.5) is 4.79 Å². The monoisotopic (exact) mass is 142 g/mol. The summed E-state index contributed by atoms with van der Waals surface area (Å²) < 4.78 is 0. The maximum absolute atomic E-state index is 10.4. The maximum atomic E-state index is 10.4. The number of carbonyl (C=O) groups is 1. The molecule has 0 saturated heterocycles. The Kier molecular flexibility index (Phi) is 3.71. The molecule has 0 saturated carbocycles. The van der Waals surface area contributed by atoms with Crippen LogP contribution < -0.4 is 0 Å². The Morgan fingerprint density at radius 3 is 2.33 bits per heavy atom. The average molecular weight is 142 g/mol. The Bertz CT molecular complexity index is 133. The predicted octanol–water partition coefficient (Wildman–Crippen LogP) is 1.94. The first-order valence-electron chi connectivity index (χ1n) is 2.43. The van der Waals surface area contributed by atoms with Crippen LogP contribution in [0.3, 0.4) is 0 Å². The Balaban J connectivity index is 3.81. The molecule has 0 aliphatic heterocycles. The molecule has 0 aliphatic rings. The third-order valence-electron chi connectivity index (χ3n) is 0.781. The minimum Gasteiger partial charge on any atom is -0.303 e. The molecule has 49 valence electrons. The van der Waals surface area contributed by atoms with E-state index >= 15 is 0 Å². The van der Waals surface area contributed by atoms with Gasteiger partial charge in [0.15, 0.2) is 0 Å². The SMILES string of the molecule is C=CCN(C=C)C(=O)[S]. The van der Waals surface area contributed by atoms with Gasteiger partial charge in [0.05, 0.1) is 0 Å². The third kappa shape index (κ3) is 2.87. The van der Waals surface area contributed by atoms with Crippen molar-refractivity contribution >= 4 is 17.9 Å². The van der Waals surface area contributed by atoms with Gasteiger partial charge < -0.3 is 4.90 Å². The summed E-state index contributed by atoms with van der Waals surface area (Å²) in [5, 5.41) is -0.426. The summed E-state index contributed by atoms with van der Waals surface area (Å²) in [6.07, 6.45) is 2.98. The van der Waals surface area contributed by atoms with Gasteiger partial charge in [0.2, 0.25) is 0 Å². The van der Waals surface area contributed by atoms with Crippen molar-refractivity contribution < 1.29 is 4.79 Å². The van der Waals surface area contributed by atoms with Crippen LogP contribution in [0.25, 0.3) is 0 Å². The van der Waals surface area contributed by atoms with E-state index in [-0.39, 0.29) is 0 Å². The molecule has 0 rings (SSSR count). The number of amides is 1. The number of rotatable bonds is 3. The van der Waals surface area contributed by atoms with E-state index in [0.717, 1.165) is 0 Å². The van der Waals surface area contributed by atoms with Crippen LogP contribution in [0.2, 0.25) is 0 Å². The summed E-state index contributed by atoms with van der Waals surface area (Å²) in [7, 11) is 0. The average Bonchev–Trinajstić information content (AvgIpc) is 1.82. The van der Waals surface area contributed by atoms with Crippen molar-refractivity contribution in [2.75, 3.05) is 6.54 Å². The molecule has 0 aromatic heterocycles. The van der Waals surface area contributed by atoms with Crippen molar-refractivity contribution in [3.05, 3.63) is 25.4 Å². The lowest BCUT2D eigenvalue weighted by atomic mass is 10.6. The van der Waals surface area contributed by atoms with Crippen molar-refractivity contribution in [3.8, 4) is 0 Å². The first-order chi connectivity index (χ1) is 4.22. The third-order valence-corrected chi connectivity index (χ3v) is 1.02. The van der Waals surface area contributed by atoms with E-state index in [1.807, 2.05) is 0 Å². The Hall–Kier alpha value is -0.830. The molecule has 0 aromatic carbocycles. The second-order valence-corrected chi connectivity index (χ2v) is 1.74. The predicted molar refractivity (Wildman–Crippen MR) is 40.1 cm³/mol. The van der Waals surface area contributed by atoms with Crippen molar-refractivity contribution in [1.29, 1.82) is 0 Å². The fourth-order valence-corrected chi connectivity index (χ4v) is 0.512. The maximum Gasteiger partial charge on any atom is 0.317 e. The smallest absolute Gasteiger partial charge is 0.303 e. The summed E-state index contributed by atoms with van der Waals surface area (Å²) in [6, 6.07) is 0. The molecule has 2 nitrogen and oxygen atoms in total. The van der Waals surface area contributed by atoms with E-state index < -0.39 is 5.24 Å². The van der Waals surface area contributed by atoms with Crippen molar-refractivity contribution in [3.63, 3.8) is 0 Å². The second kappa shape index (κ2) is 4.09. The molecule has 0 bridgehead atoms. The van der Waals surface area contributed by atoms with Crippen molar-refractivity contribution in [2.24, 2.45) is 0 Å². The topological polar surface area (TPSA) is 20.3 Å². The standard InChI is InChI=1S/C6H8NOS/c1-3-5-7(4-2)6(8)9/h3-4H,1-2,5H2. The highest BCUT2D eigenvalue weighted by Gasteiger charge is 2.01. The minimum atomic E-state index is -0.426. The lowest BCUT2D eigenvalue weighted by Crippen LogP contribution is -2.18. The number of hydrogen-bond donors (Lipinski definition) is 0. The Labute approximate surface area is 60.3 Å². The summed E-state index contributed by atoms with van der Waals surface area (Å²) in [6.45, 7) is 7.27. The fourth-order valence-electron chi connectivity index (χ4n) is 0.363. The summed E-state index contributed by atoms with van der Waals surface area (Å²) in [5.41, 5.74) is 0. The van der Waals surface area contributed by atoms with E-state index in [1.54, 1.807) is 6.08 Å². The van der Waals surface area contributed by atoms with Gasteiger partial charge in [-0.1, -0.05) is 12.7 Å². The molecule has 3 heteroatoms. The van der Waals surface area contributed by atoms with Crippen molar-refractivity contribution in [2.45, 2.75) is 0 Å². The highest BCUT2D eigenvalue weighted by Crippen LogP contribution is 1.94. The highest BCUT2D eigenvalue weighted by atomic mass is 32.1. The van der Waals surface area contributed by atoms with Gasteiger partial charge in [0.1, 0.15) is 0 Å². The highest BCUT2D eigenvalue weighted by molar-refractivity contribution is 7.96. The van der Waals surface area contributed by atoms with Crippen LogP contribution in [0.1, 0.15) is 0 Å². The minimum absolute atomic E-state index is 0.426. The van der Waals surface area contributed by atoms with E-state index in [4.69, 9.17) is 0 Å². The van der Waals surface area contributed by atoms with E-state index in [1.165, 1.54) is 11.1 Å². The first-order valence-corrected chi connectivity index (χ1v) is 2.84. The second-order valence-electron chi connectivity index (χ2n) is 1.39. The molecule has 0 spiro atoms. The van der Waals surface area contributed by atoms with Crippen LogP contribution in [-0.4, -0.2) is 16.7 Å². The lowest BCUT2D eigenvalue weighted by molar-refractivity contribution is 0.243. The van der Waals surface area contributed by atoms with Crippen molar-refractivity contribution in [1.82, 2.24) is 4.90 Å². The Morgan fingerprint density at radius 2 is 2.22 bits per heavy atom. The lowest BCUT2D eigenvalue weighted by Gasteiger charge is -2.09. The van der Waals surface area contributed by atoms with Crippen LogP contribution in [-0.2, 0) is 0 Å². The number of carbonyl (C=O) groups excluding carboxylic acids is 1. The first kappa shape index (κ1) is 8.17. The fraction of sp³-hybridized carbons (Fsp3) is 0.167. The molecule has 0 unspecified atom stereocenters. The molecule has 0 heterocycles. The summed E-state index contributed by atoms with van der Waals surface area (Å²) in [4.78, 5) is 11.7. The van der Waals surface area contributed by atoms with Gasteiger partial charge in [0, 0.05) is 12.7 Å². The molecular formula is C6H8NOS. The molecule has 0 N–H and O–H groups in total. The van der Waals surface area contributed by atoms with Gasteiger partial charge in [-0.15, -0.1) is 6.58 Å². The van der Waals surface area contributed by atoms with E-state index in [2.05, 4.69) is 25.8 Å². The van der Waals surface area contributed by atoms with Crippen LogP contribution in [0.5, 0.6) is 0 Å². The van der Waals surface area contributed by atoms with Crippen LogP contribution >= 0.6 is 12.6 Å². The zero-order valence-electron chi connectivity index (χ0n) is 5.04. The quantitative estimate of drug-likeness (QED) is 0.551. The van der Waals surface area contributed by atoms with Gasteiger partial charge >= 0.3 is 5.24 Å². The molecule has 1 radical (unpaired) electrons. The largest absolute Gasteiger partial charge is 0.317 e. The summed E-state index contributed by atoms with van der Waals surface area (Å²) in [5.74, 6) is 0. The van der Waals surface area contributed by atoms with Gasteiger partial charge in [-0.25, -0.2) is 0 Å². The van der Waals surface area contributed by atoms with Crippen LogP contribution in [0, 0.1) is 0 Å². The molecule has 0 aliphatic carbocycles. The number of nitrogens with zero attached hydrogens (tertiary/aromatic N) is 1. The normalized spacial score (nSPS) is 8.00. The van der Waals surface area contributed by atoms with E-state index in [9.17, 15) is 4.79 Å². The molecule has 0 atom stereocenters. The van der Waals surface area contributed by atoms with Gasteiger partial charge in [-0.05, 0) is 12.6 Å². The van der Waals surface area contributed by atoms with Gasteiger partial charge in [0.25, 0.3) is 0 Å². The zero-order valence-corrected chi connectivity index (χ0v) is 5.86. The number of hydrogen-bond acceptors (Lipinski definition) is 1. The van der Waals surface area contributed by atoms with Gasteiger partial charge in [-0.2, -0.15) is 0 Å². The molecular weight excluding hydrogens is 134 g/mol. The molecule has 9 heavy (non-hydrogen) atoms. The van der Waals surface area contributed by atoms with Crippen LogP contribution in [0.15, 0.2) is 25.4 Å². The molecule has 0 fully saturated rings. The molecule has 0 aromatic rings.